The zero-order valence-corrected chi connectivity index (χ0v) is 14.3. The highest BCUT2D eigenvalue weighted by Gasteiger charge is 1.67. The molecule has 0 fully saturated rings. The molecule has 0 bridgehead atoms. The van der Waals surface area contributed by atoms with Gasteiger partial charge >= 0.3 is 0 Å². The van der Waals surface area contributed by atoms with E-state index in [1.165, 1.54) is 0 Å². The van der Waals surface area contributed by atoms with Crippen LogP contribution in [0.5, 0.6) is 0 Å². The third-order valence-corrected chi connectivity index (χ3v) is 31.5. The highest BCUT2D eigenvalue weighted by Crippen LogP contribution is 1.60. The number of rotatable bonds is 0. The van der Waals surface area contributed by atoms with Crippen LogP contribution >= 0.6 is 0 Å². The SMILES string of the molecule is O=S(=S)=S(=S)=S(=O)=S(=S)=S(=S)=S=S. The summed E-state index contributed by atoms with van der Waals surface area (Å²) in [7, 11) is -2.31. The van der Waals surface area contributed by atoms with Crippen LogP contribution in [0, 0.1) is 0 Å². The molecular weight excluding hydrogens is 385 g/mol. The fourth-order valence-corrected chi connectivity index (χ4v) is 28.8. The van der Waals surface area contributed by atoms with E-state index in [-0.39, 0.29) is 0 Å². The van der Waals surface area contributed by atoms with E-state index < -0.39 is 35.6 Å². The molecule has 0 N–H and O–H groups in total. The monoisotopic (exact) mass is 384 g/mol. The Labute approximate surface area is 107 Å². The van der Waals surface area contributed by atoms with Crippen LogP contribution in [-0.4, -0.2) is 8.42 Å². The van der Waals surface area contributed by atoms with Crippen LogP contribution in [0.4, 0.5) is 0 Å². The quantitative estimate of drug-likeness (QED) is 0.547. The molecule has 0 atom stereocenters. The van der Waals surface area contributed by atoms with Crippen LogP contribution in [0.1, 0.15) is 0 Å². The second-order valence-corrected chi connectivity index (χ2v) is 24.5. The smallest absolute Gasteiger partial charge is 0.144 e. The van der Waals surface area contributed by atoms with Gasteiger partial charge < -0.3 is 0 Å². The Bertz CT molecular complexity index is 820. The molecule has 0 aromatic rings. The second kappa shape index (κ2) is 7.32. The van der Waals surface area contributed by atoms with E-state index in [4.69, 9.17) is 33.6 Å². The van der Waals surface area contributed by atoms with Crippen LogP contribution < -0.4 is 0 Å². The van der Waals surface area contributed by atoms with Gasteiger partial charge in [0, 0.05) is 78.0 Å². The first-order chi connectivity index (χ1) is 5.91. The average molecular weight is 385 g/mol. The lowest BCUT2D eigenvalue weighted by Crippen LogP contribution is -1.63. The van der Waals surface area contributed by atoms with Crippen molar-refractivity contribution in [2.75, 3.05) is 0 Å². The third kappa shape index (κ3) is 5.05. The molecule has 78 valence electrons. The van der Waals surface area contributed by atoms with E-state index >= 15 is 0 Å². The van der Waals surface area contributed by atoms with Gasteiger partial charge in [-0.25, -0.2) is 8.42 Å². The molecule has 13 heavy (non-hydrogen) atoms. The highest BCUT2D eigenvalue weighted by molar-refractivity contribution is 8.91. The first kappa shape index (κ1) is 15.0. The van der Waals surface area contributed by atoms with Gasteiger partial charge in [-0.2, -0.15) is 0 Å². The van der Waals surface area contributed by atoms with Crippen molar-refractivity contribution in [1.82, 2.24) is 0 Å². The summed E-state index contributed by atoms with van der Waals surface area (Å²) >= 11 is 23.5. The fraction of sp³-hybridized carbons (Fsp3) is 0. The van der Waals surface area contributed by atoms with Crippen LogP contribution in [0.2, 0.25) is 0 Å². The van der Waals surface area contributed by atoms with Gasteiger partial charge in [0.15, 0.2) is 0 Å². The van der Waals surface area contributed by atoms with Crippen molar-refractivity contribution in [2.24, 2.45) is 0 Å². The molecule has 13 heteroatoms. The minimum atomic E-state index is -1.70. The van der Waals surface area contributed by atoms with E-state index in [0.29, 0.717) is 0 Å². The van der Waals surface area contributed by atoms with Crippen LogP contribution in [0.25, 0.3) is 0 Å². The molecule has 0 rings (SSSR count). The summed E-state index contributed by atoms with van der Waals surface area (Å²) in [5.41, 5.74) is 0. The van der Waals surface area contributed by atoms with Gasteiger partial charge in [0.05, 0.1) is 6.57 Å². The van der Waals surface area contributed by atoms with Gasteiger partial charge in [-0.3, -0.25) is 0 Å². The van der Waals surface area contributed by atoms with Crippen LogP contribution in [0.15, 0.2) is 0 Å². The summed E-state index contributed by atoms with van der Waals surface area (Å²) in [4.78, 5) is 0. The van der Waals surface area contributed by atoms with Crippen LogP contribution in [-0.2, 0) is 100 Å². The molecule has 0 radical (unpaired) electrons. The van der Waals surface area contributed by atoms with Gasteiger partial charge in [0.2, 0.25) is 0 Å². The van der Waals surface area contributed by atoms with Crippen molar-refractivity contribution >= 4 is 100 Å². The summed E-state index contributed by atoms with van der Waals surface area (Å²) in [6.07, 6.45) is 0. The Kier molecular flexibility index (Phi) is 8.46. The van der Waals surface area contributed by atoms with E-state index in [9.17, 15) is 8.42 Å². The maximum Gasteiger partial charge on any atom is 0.144 e. The lowest BCUT2D eigenvalue weighted by atomic mass is 16.0. The fourth-order valence-electron chi connectivity index (χ4n) is 0.159. The van der Waals surface area contributed by atoms with E-state index in [1.54, 1.807) is 0 Å². The van der Waals surface area contributed by atoms with Gasteiger partial charge in [-0.15, -0.1) is 0 Å². The van der Waals surface area contributed by atoms with Crippen molar-refractivity contribution in [1.29, 1.82) is 0 Å². The molecule has 0 aliphatic heterocycles. The predicted octanol–water partition coefficient (Wildman–Crippen LogP) is -0.694. The topological polar surface area (TPSA) is 34.1 Å². The second-order valence-electron chi connectivity index (χ2n) is 1.09. The predicted molar refractivity (Wildman–Crippen MR) is 82.6 cm³/mol. The molecular formula is O2S11. The molecule has 2 nitrogen and oxygen atoms in total. The lowest BCUT2D eigenvalue weighted by Gasteiger charge is -1.57. The Morgan fingerprint density at radius 1 is 0.923 bits per heavy atom. The van der Waals surface area contributed by atoms with Crippen molar-refractivity contribution in [3.63, 3.8) is 0 Å². The third-order valence-electron chi connectivity index (χ3n) is 0.500. The summed E-state index contributed by atoms with van der Waals surface area (Å²) in [6.45, 7) is -3.06. The molecule has 0 aromatic carbocycles. The summed E-state index contributed by atoms with van der Waals surface area (Å²) in [6, 6.07) is 0. The summed E-state index contributed by atoms with van der Waals surface area (Å²) in [5, 5.41) is 0. The molecule has 0 amide bonds. The molecule has 0 aliphatic rings. The minimum absolute atomic E-state index is 0.772. The van der Waals surface area contributed by atoms with Crippen LogP contribution in [0.3, 0.4) is 0 Å². The van der Waals surface area contributed by atoms with Crippen molar-refractivity contribution in [3.05, 3.63) is 0 Å². The highest BCUT2D eigenvalue weighted by atomic mass is 33.6. The Morgan fingerprint density at radius 3 is 1.69 bits per heavy atom. The Balaban J connectivity index is 8.31. The van der Waals surface area contributed by atoms with Crippen molar-refractivity contribution < 1.29 is 8.42 Å². The molecule has 0 aromatic heterocycles. The maximum atomic E-state index is 11.4. The van der Waals surface area contributed by atoms with Gasteiger partial charge in [-0.1, -0.05) is 0 Å². The Hall–Kier alpha value is 2.02. The standard InChI is InChI=1S/O2S11/c1-9(4)12(6)10(2)13(7)11(5)8-3. The zero-order valence-electron chi connectivity index (χ0n) is 5.31. The minimum Gasteiger partial charge on any atom is -0.202 e. The van der Waals surface area contributed by atoms with Crippen molar-refractivity contribution in [3.8, 4) is 0 Å². The molecule has 0 unspecified atom stereocenters. The number of hydrogen-bond acceptors (Lipinski definition) is 7. The van der Waals surface area contributed by atoms with Gasteiger partial charge in [0.1, 0.15) is 15.8 Å². The van der Waals surface area contributed by atoms with E-state index in [1.807, 2.05) is 0 Å². The Morgan fingerprint density at radius 2 is 1.38 bits per heavy atom. The lowest BCUT2D eigenvalue weighted by molar-refractivity contribution is 0.701. The first-order valence-electron chi connectivity index (χ1n) is 2.00. The molecule has 0 aliphatic carbocycles. The first-order valence-corrected chi connectivity index (χ1v) is 16.0. The summed E-state index contributed by atoms with van der Waals surface area (Å²) in [5.74, 6) is 0. The van der Waals surface area contributed by atoms with E-state index in [0.717, 1.165) is 8.88 Å². The van der Waals surface area contributed by atoms with Crippen molar-refractivity contribution in [2.45, 2.75) is 0 Å². The summed E-state index contributed by atoms with van der Waals surface area (Å²) < 4.78 is 22.2. The molecule has 0 saturated carbocycles. The van der Waals surface area contributed by atoms with E-state index in [2.05, 4.69) is 22.4 Å². The molecule has 0 spiro atoms. The largest absolute Gasteiger partial charge is 0.202 e. The normalized spacial score (nSPS) is 8.62. The molecule has 0 heterocycles. The van der Waals surface area contributed by atoms with Gasteiger partial charge in [-0.05, 0) is 0 Å². The average Bonchev–Trinajstić information content (AvgIpc) is 2.12. The molecule has 0 saturated heterocycles. The number of hydrogen-bond donors (Lipinski definition) is 0. The maximum absolute atomic E-state index is 11.4. The zero-order chi connectivity index (χ0) is 10.6. The van der Waals surface area contributed by atoms with Gasteiger partial charge in [0.25, 0.3) is 0 Å².